The minimum absolute atomic E-state index is 0.0483. The molecule has 6 heteroatoms. The maximum Gasteiger partial charge on any atom is 0.261 e. The van der Waals surface area contributed by atoms with Gasteiger partial charge in [-0.3, -0.25) is 23.9 Å². The smallest absolute Gasteiger partial charge is 0.261 e. The number of aryl methyl sites for hydroxylation is 1. The SMILES string of the molecule is Cc1nc2ccccc2n1C(=O)CCN1C(=O)c2ccccc2C1=O. The van der Waals surface area contributed by atoms with Crippen LogP contribution in [-0.2, 0) is 0 Å². The van der Waals surface area contributed by atoms with Gasteiger partial charge in [-0.05, 0) is 31.2 Å². The minimum Gasteiger partial charge on any atom is -0.274 e. The number of para-hydroxylation sites is 2. The largest absolute Gasteiger partial charge is 0.274 e. The fourth-order valence-electron chi connectivity index (χ4n) is 3.22. The molecule has 1 aromatic heterocycles. The monoisotopic (exact) mass is 333 g/mol. The molecule has 0 radical (unpaired) electrons. The van der Waals surface area contributed by atoms with Gasteiger partial charge in [0.05, 0.1) is 22.2 Å². The standard InChI is InChI=1S/C19H15N3O3/c1-12-20-15-8-4-5-9-16(15)22(12)17(23)10-11-21-18(24)13-6-2-3-7-14(13)19(21)25/h2-9H,10-11H2,1H3. The molecule has 2 amide bonds. The second kappa shape index (κ2) is 5.66. The van der Waals surface area contributed by atoms with Crippen LogP contribution >= 0.6 is 0 Å². The van der Waals surface area contributed by atoms with E-state index in [9.17, 15) is 14.4 Å². The Labute approximate surface area is 143 Å². The molecule has 0 unspecified atom stereocenters. The van der Waals surface area contributed by atoms with Gasteiger partial charge in [-0.2, -0.15) is 0 Å². The predicted octanol–water partition coefficient (Wildman–Crippen LogP) is 2.67. The van der Waals surface area contributed by atoms with Crippen molar-refractivity contribution < 1.29 is 14.4 Å². The molecule has 0 atom stereocenters. The highest BCUT2D eigenvalue weighted by Crippen LogP contribution is 2.23. The van der Waals surface area contributed by atoms with Crippen LogP contribution < -0.4 is 0 Å². The van der Waals surface area contributed by atoms with Crippen LogP contribution in [0.1, 0.15) is 37.8 Å². The maximum absolute atomic E-state index is 12.7. The van der Waals surface area contributed by atoms with Gasteiger partial charge in [-0.1, -0.05) is 24.3 Å². The van der Waals surface area contributed by atoms with E-state index < -0.39 is 0 Å². The third kappa shape index (κ3) is 2.34. The van der Waals surface area contributed by atoms with Gasteiger partial charge in [0, 0.05) is 13.0 Å². The van der Waals surface area contributed by atoms with Crippen molar-refractivity contribution in [2.45, 2.75) is 13.3 Å². The summed E-state index contributed by atoms with van der Waals surface area (Å²) < 4.78 is 1.54. The number of hydrogen-bond donors (Lipinski definition) is 0. The quantitative estimate of drug-likeness (QED) is 0.691. The van der Waals surface area contributed by atoms with Crippen molar-refractivity contribution in [1.82, 2.24) is 14.5 Å². The zero-order chi connectivity index (χ0) is 17.6. The Hall–Kier alpha value is -3.28. The van der Waals surface area contributed by atoms with Crippen molar-refractivity contribution in [3.8, 4) is 0 Å². The molecule has 0 N–H and O–H groups in total. The van der Waals surface area contributed by atoms with E-state index in [4.69, 9.17) is 0 Å². The molecule has 0 fully saturated rings. The maximum atomic E-state index is 12.7. The average Bonchev–Trinajstić information content (AvgIpc) is 3.08. The molecule has 25 heavy (non-hydrogen) atoms. The second-order valence-electron chi connectivity index (χ2n) is 5.93. The van der Waals surface area contributed by atoms with Crippen molar-refractivity contribution in [2.75, 3.05) is 6.54 Å². The summed E-state index contributed by atoms with van der Waals surface area (Å²) in [7, 11) is 0. The lowest BCUT2D eigenvalue weighted by Crippen LogP contribution is -2.32. The molecule has 2 heterocycles. The number of carbonyl (C=O) groups excluding carboxylic acids is 3. The van der Waals surface area contributed by atoms with Crippen LogP contribution in [0.15, 0.2) is 48.5 Å². The van der Waals surface area contributed by atoms with E-state index in [0.717, 1.165) is 15.9 Å². The third-order valence-corrected chi connectivity index (χ3v) is 4.41. The van der Waals surface area contributed by atoms with E-state index in [-0.39, 0.29) is 30.7 Å². The van der Waals surface area contributed by atoms with Crippen molar-refractivity contribution in [1.29, 1.82) is 0 Å². The van der Waals surface area contributed by atoms with Gasteiger partial charge in [0.25, 0.3) is 11.8 Å². The number of fused-ring (bicyclic) bond motifs is 2. The van der Waals surface area contributed by atoms with Crippen molar-refractivity contribution >= 4 is 28.8 Å². The zero-order valence-electron chi connectivity index (χ0n) is 13.6. The molecule has 2 aromatic carbocycles. The molecule has 0 bridgehead atoms. The van der Waals surface area contributed by atoms with E-state index in [1.165, 1.54) is 4.57 Å². The van der Waals surface area contributed by atoms with Crippen molar-refractivity contribution in [3.05, 3.63) is 65.5 Å². The van der Waals surface area contributed by atoms with Gasteiger partial charge in [-0.25, -0.2) is 4.98 Å². The Morgan fingerprint density at radius 1 is 0.960 bits per heavy atom. The Morgan fingerprint density at radius 2 is 1.56 bits per heavy atom. The highest BCUT2D eigenvalue weighted by Gasteiger charge is 2.35. The molecule has 1 aliphatic heterocycles. The summed E-state index contributed by atoms with van der Waals surface area (Å²) in [6.45, 7) is 1.82. The molecule has 3 aromatic rings. The van der Waals surface area contributed by atoms with E-state index >= 15 is 0 Å². The van der Waals surface area contributed by atoms with Crippen molar-refractivity contribution in [2.24, 2.45) is 0 Å². The number of imidazole rings is 1. The van der Waals surface area contributed by atoms with Gasteiger partial charge >= 0.3 is 0 Å². The van der Waals surface area contributed by atoms with Crippen LogP contribution in [-0.4, -0.2) is 38.7 Å². The number of rotatable bonds is 3. The fourth-order valence-corrected chi connectivity index (χ4v) is 3.22. The number of carbonyl (C=O) groups is 3. The summed E-state index contributed by atoms with van der Waals surface area (Å²) in [6, 6.07) is 14.1. The van der Waals surface area contributed by atoms with Crippen LogP contribution in [0.25, 0.3) is 11.0 Å². The highest BCUT2D eigenvalue weighted by atomic mass is 16.2. The van der Waals surface area contributed by atoms with E-state index in [2.05, 4.69) is 4.98 Å². The normalized spacial score (nSPS) is 13.6. The van der Waals surface area contributed by atoms with Gasteiger partial charge < -0.3 is 0 Å². The van der Waals surface area contributed by atoms with Crippen LogP contribution in [0.4, 0.5) is 0 Å². The second-order valence-corrected chi connectivity index (χ2v) is 5.93. The molecule has 0 aliphatic carbocycles. The van der Waals surface area contributed by atoms with Crippen LogP contribution in [0.5, 0.6) is 0 Å². The summed E-state index contributed by atoms with van der Waals surface area (Å²) in [5, 5.41) is 0. The number of hydrogen-bond acceptors (Lipinski definition) is 4. The number of aromatic nitrogens is 2. The third-order valence-electron chi connectivity index (χ3n) is 4.41. The highest BCUT2D eigenvalue weighted by molar-refractivity contribution is 6.21. The predicted molar refractivity (Wildman–Crippen MR) is 91.5 cm³/mol. The fraction of sp³-hybridized carbons (Fsp3) is 0.158. The first-order chi connectivity index (χ1) is 12.1. The van der Waals surface area contributed by atoms with E-state index in [1.807, 2.05) is 24.3 Å². The van der Waals surface area contributed by atoms with Crippen LogP contribution in [0, 0.1) is 6.92 Å². The van der Waals surface area contributed by atoms with Crippen molar-refractivity contribution in [3.63, 3.8) is 0 Å². The van der Waals surface area contributed by atoms with Crippen LogP contribution in [0.2, 0.25) is 0 Å². The summed E-state index contributed by atoms with van der Waals surface area (Å²) in [6.07, 6.45) is 0.0483. The first-order valence-corrected chi connectivity index (χ1v) is 8.00. The first-order valence-electron chi connectivity index (χ1n) is 8.00. The summed E-state index contributed by atoms with van der Waals surface area (Å²) in [5.74, 6) is -0.294. The van der Waals surface area contributed by atoms with E-state index in [0.29, 0.717) is 17.0 Å². The zero-order valence-corrected chi connectivity index (χ0v) is 13.6. The first kappa shape index (κ1) is 15.3. The molecular formula is C19H15N3O3. The lowest BCUT2D eigenvalue weighted by Gasteiger charge is -2.13. The van der Waals surface area contributed by atoms with Gasteiger partial charge in [0.2, 0.25) is 5.91 Å². The van der Waals surface area contributed by atoms with Crippen LogP contribution in [0.3, 0.4) is 0 Å². The van der Waals surface area contributed by atoms with Gasteiger partial charge in [0.1, 0.15) is 5.82 Å². The summed E-state index contributed by atoms with van der Waals surface area (Å²) in [5.41, 5.74) is 2.26. The molecule has 0 saturated heterocycles. The number of benzene rings is 2. The molecule has 4 rings (SSSR count). The van der Waals surface area contributed by atoms with Gasteiger partial charge in [0.15, 0.2) is 0 Å². The lowest BCUT2D eigenvalue weighted by molar-refractivity contribution is 0.0645. The summed E-state index contributed by atoms with van der Waals surface area (Å²) >= 11 is 0. The number of nitrogens with zero attached hydrogens (tertiary/aromatic N) is 3. The summed E-state index contributed by atoms with van der Waals surface area (Å²) in [4.78, 5) is 42.9. The number of imide groups is 1. The minimum atomic E-state index is -0.347. The Balaban J connectivity index is 1.56. The molecular weight excluding hydrogens is 318 g/mol. The topological polar surface area (TPSA) is 72.3 Å². The molecule has 124 valence electrons. The average molecular weight is 333 g/mol. The Morgan fingerprint density at radius 3 is 2.24 bits per heavy atom. The molecule has 0 spiro atoms. The Kier molecular flexibility index (Phi) is 3.46. The molecule has 1 aliphatic rings. The molecule has 6 nitrogen and oxygen atoms in total. The van der Waals surface area contributed by atoms with E-state index in [1.54, 1.807) is 31.2 Å². The number of amides is 2. The Bertz CT molecular complexity index is 1000. The molecule has 0 saturated carbocycles. The van der Waals surface area contributed by atoms with Gasteiger partial charge in [-0.15, -0.1) is 0 Å². The lowest BCUT2D eigenvalue weighted by atomic mass is 10.1.